The summed E-state index contributed by atoms with van der Waals surface area (Å²) in [5.74, 6) is 1.35. The first-order valence-electron chi connectivity index (χ1n) is 7.76. The lowest BCUT2D eigenvalue weighted by atomic mass is 9.92. The van der Waals surface area contributed by atoms with Gasteiger partial charge in [0.2, 0.25) is 0 Å². The van der Waals surface area contributed by atoms with Gasteiger partial charge in [-0.25, -0.2) is 0 Å². The Kier molecular flexibility index (Phi) is 6.28. The number of rotatable bonds is 5. The van der Waals surface area contributed by atoms with Crippen molar-refractivity contribution in [3.63, 3.8) is 0 Å². The van der Waals surface area contributed by atoms with Gasteiger partial charge >= 0.3 is 0 Å². The molecule has 0 aromatic heterocycles. The number of nitrogens with one attached hydrogen (secondary N) is 1. The topological polar surface area (TPSA) is 24.5 Å². The van der Waals surface area contributed by atoms with Gasteiger partial charge in [0.1, 0.15) is 0 Å². The molecule has 1 rings (SSSR count). The number of methoxy groups -OCH3 is 1. The monoisotopic (exact) mass is 270 g/mol. The van der Waals surface area contributed by atoms with E-state index in [1.54, 1.807) is 0 Å². The Hall–Kier alpha value is -0.120. The minimum Gasteiger partial charge on any atom is -0.380 e. The molecule has 1 fully saturated rings. The Bertz CT molecular complexity index is 262. The largest absolute Gasteiger partial charge is 0.380 e. The van der Waals surface area contributed by atoms with Gasteiger partial charge in [-0.3, -0.25) is 4.90 Å². The average Bonchev–Trinajstić information content (AvgIpc) is 2.34. The molecule has 1 N–H and O–H groups in total. The van der Waals surface area contributed by atoms with Crippen molar-refractivity contribution in [3.05, 3.63) is 0 Å². The van der Waals surface area contributed by atoms with Crippen molar-refractivity contribution in [3.8, 4) is 0 Å². The number of piperidine rings is 1. The van der Waals surface area contributed by atoms with Gasteiger partial charge in [0, 0.05) is 25.2 Å². The van der Waals surface area contributed by atoms with Gasteiger partial charge in [-0.05, 0) is 59.0 Å². The number of nitrogens with zero attached hydrogens (tertiary/aromatic N) is 1. The third-order valence-corrected chi connectivity index (χ3v) is 4.58. The Morgan fingerprint density at radius 2 is 1.95 bits per heavy atom. The first-order chi connectivity index (χ1) is 8.74. The predicted molar refractivity (Wildman–Crippen MR) is 82.5 cm³/mol. The molecule has 0 aromatic rings. The van der Waals surface area contributed by atoms with Crippen LogP contribution in [0.3, 0.4) is 0 Å². The number of hydrogen-bond donors (Lipinski definition) is 1. The smallest absolute Gasteiger partial charge is 0.0724 e. The molecular weight excluding hydrogens is 236 g/mol. The molecule has 114 valence electrons. The van der Waals surface area contributed by atoms with Gasteiger partial charge in [0.05, 0.1) is 6.10 Å². The zero-order chi connectivity index (χ0) is 14.6. The van der Waals surface area contributed by atoms with Gasteiger partial charge in [-0.1, -0.05) is 13.8 Å². The van der Waals surface area contributed by atoms with Crippen LogP contribution in [0.1, 0.15) is 48.0 Å². The molecule has 19 heavy (non-hydrogen) atoms. The van der Waals surface area contributed by atoms with E-state index < -0.39 is 0 Å². The van der Waals surface area contributed by atoms with Crippen molar-refractivity contribution in [2.75, 3.05) is 26.7 Å². The van der Waals surface area contributed by atoms with E-state index in [9.17, 15) is 0 Å². The minimum atomic E-state index is 0.208. The zero-order valence-corrected chi connectivity index (χ0v) is 14.0. The maximum Gasteiger partial charge on any atom is 0.0724 e. The fourth-order valence-corrected chi connectivity index (χ4v) is 2.73. The normalized spacial score (nSPS) is 29.2. The molecule has 3 heteroatoms. The van der Waals surface area contributed by atoms with Crippen molar-refractivity contribution in [2.24, 2.45) is 11.8 Å². The number of hydrogen-bond acceptors (Lipinski definition) is 3. The first kappa shape index (κ1) is 16.9. The van der Waals surface area contributed by atoms with E-state index in [2.05, 4.69) is 51.8 Å². The van der Waals surface area contributed by atoms with E-state index in [-0.39, 0.29) is 5.54 Å². The van der Waals surface area contributed by atoms with Crippen LogP contribution in [0.25, 0.3) is 0 Å². The van der Waals surface area contributed by atoms with Crippen LogP contribution in [-0.2, 0) is 4.74 Å². The van der Waals surface area contributed by atoms with Crippen molar-refractivity contribution >= 4 is 0 Å². The van der Waals surface area contributed by atoms with Crippen LogP contribution in [-0.4, -0.2) is 49.3 Å². The summed E-state index contributed by atoms with van der Waals surface area (Å²) in [5.41, 5.74) is 0.208. The second kappa shape index (κ2) is 7.05. The Morgan fingerprint density at radius 1 is 1.32 bits per heavy atom. The molecule has 4 unspecified atom stereocenters. The SMILES string of the molecule is COC1CN(C(C)C(C)CNC(C)(C)C)CCC1C. The van der Waals surface area contributed by atoms with Crippen LogP contribution in [0.2, 0.25) is 0 Å². The molecule has 1 aliphatic heterocycles. The summed E-state index contributed by atoms with van der Waals surface area (Å²) in [5, 5.41) is 3.62. The predicted octanol–water partition coefficient (Wildman–Crippen LogP) is 2.76. The molecule has 4 atom stereocenters. The summed E-state index contributed by atoms with van der Waals surface area (Å²) in [6.07, 6.45) is 1.65. The van der Waals surface area contributed by atoms with Crippen LogP contribution >= 0.6 is 0 Å². The highest BCUT2D eigenvalue weighted by Crippen LogP contribution is 2.23. The summed E-state index contributed by atoms with van der Waals surface area (Å²) < 4.78 is 5.62. The second-order valence-corrected chi connectivity index (χ2v) is 7.38. The molecule has 0 bridgehead atoms. The van der Waals surface area contributed by atoms with Crippen LogP contribution in [0.4, 0.5) is 0 Å². The highest BCUT2D eigenvalue weighted by molar-refractivity contribution is 4.85. The molecule has 1 heterocycles. The molecule has 0 radical (unpaired) electrons. The lowest BCUT2D eigenvalue weighted by Gasteiger charge is -2.42. The summed E-state index contributed by atoms with van der Waals surface area (Å²) >= 11 is 0. The Balaban J connectivity index is 2.45. The molecule has 0 aliphatic carbocycles. The molecule has 3 nitrogen and oxygen atoms in total. The molecular formula is C16H34N2O. The van der Waals surface area contributed by atoms with Crippen molar-refractivity contribution < 1.29 is 4.74 Å². The van der Waals surface area contributed by atoms with Crippen LogP contribution in [0.5, 0.6) is 0 Å². The van der Waals surface area contributed by atoms with Crippen LogP contribution < -0.4 is 5.32 Å². The molecule has 1 saturated heterocycles. The average molecular weight is 270 g/mol. The van der Waals surface area contributed by atoms with E-state index in [1.807, 2.05) is 7.11 Å². The Labute approximate surface area is 120 Å². The fraction of sp³-hybridized carbons (Fsp3) is 1.00. The van der Waals surface area contributed by atoms with Gasteiger partial charge in [-0.2, -0.15) is 0 Å². The Morgan fingerprint density at radius 3 is 2.47 bits per heavy atom. The van der Waals surface area contributed by atoms with E-state index in [4.69, 9.17) is 4.74 Å². The van der Waals surface area contributed by atoms with E-state index in [0.717, 1.165) is 13.1 Å². The maximum absolute atomic E-state index is 5.62. The second-order valence-electron chi connectivity index (χ2n) is 7.38. The zero-order valence-electron chi connectivity index (χ0n) is 14.0. The summed E-state index contributed by atoms with van der Waals surface area (Å²) in [6, 6.07) is 0.611. The molecule has 1 aliphatic rings. The highest BCUT2D eigenvalue weighted by atomic mass is 16.5. The first-order valence-corrected chi connectivity index (χ1v) is 7.76. The third-order valence-electron chi connectivity index (χ3n) is 4.58. The quantitative estimate of drug-likeness (QED) is 0.831. The van der Waals surface area contributed by atoms with Gasteiger partial charge in [-0.15, -0.1) is 0 Å². The minimum absolute atomic E-state index is 0.208. The van der Waals surface area contributed by atoms with Gasteiger partial charge in [0.15, 0.2) is 0 Å². The number of likely N-dealkylation sites (tertiary alicyclic amines) is 1. The molecule has 0 saturated carbocycles. The van der Waals surface area contributed by atoms with E-state index in [1.165, 1.54) is 13.0 Å². The fourth-order valence-electron chi connectivity index (χ4n) is 2.73. The lowest BCUT2D eigenvalue weighted by Crippen LogP contribution is -2.51. The maximum atomic E-state index is 5.62. The lowest BCUT2D eigenvalue weighted by molar-refractivity contribution is -0.0240. The molecule has 0 aromatic carbocycles. The highest BCUT2D eigenvalue weighted by Gasteiger charge is 2.30. The van der Waals surface area contributed by atoms with Crippen molar-refractivity contribution in [1.29, 1.82) is 0 Å². The summed E-state index contributed by atoms with van der Waals surface area (Å²) in [7, 11) is 1.85. The summed E-state index contributed by atoms with van der Waals surface area (Å²) in [4.78, 5) is 2.60. The third kappa shape index (κ3) is 5.41. The number of ether oxygens (including phenoxy) is 1. The van der Waals surface area contributed by atoms with E-state index >= 15 is 0 Å². The molecule has 0 amide bonds. The standard InChI is InChI=1S/C16H34N2O/c1-12-8-9-18(11-15(12)19-7)14(3)13(2)10-17-16(4,5)6/h12-15,17H,8-11H2,1-7H3. The van der Waals surface area contributed by atoms with E-state index in [0.29, 0.717) is 24.0 Å². The van der Waals surface area contributed by atoms with Crippen molar-refractivity contribution in [1.82, 2.24) is 10.2 Å². The van der Waals surface area contributed by atoms with Crippen LogP contribution in [0.15, 0.2) is 0 Å². The van der Waals surface area contributed by atoms with Gasteiger partial charge < -0.3 is 10.1 Å². The molecule has 0 spiro atoms. The van der Waals surface area contributed by atoms with Gasteiger partial charge in [0.25, 0.3) is 0 Å². The van der Waals surface area contributed by atoms with Crippen molar-refractivity contribution in [2.45, 2.75) is 65.6 Å². The van der Waals surface area contributed by atoms with Crippen LogP contribution in [0, 0.1) is 11.8 Å². The summed E-state index contributed by atoms with van der Waals surface area (Å²) in [6.45, 7) is 17.1.